The lowest BCUT2D eigenvalue weighted by molar-refractivity contribution is 0.415. The van der Waals surface area contributed by atoms with Crippen molar-refractivity contribution in [1.29, 1.82) is 0 Å². The van der Waals surface area contributed by atoms with E-state index in [-0.39, 0.29) is 5.56 Å². The van der Waals surface area contributed by atoms with Gasteiger partial charge in [-0.2, -0.15) is 0 Å². The number of hydrogen-bond acceptors (Lipinski definition) is 5. The van der Waals surface area contributed by atoms with Crippen molar-refractivity contribution < 1.29 is 4.74 Å². The molecule has 0 spiro atoms. The maximum atomic E-state index is 12.7. The van der Waals surface area contributed by atoms with E-state index in [0.29, 0.717) is 28.2 Å². The molecule has 0 amide bonds. The van der Waals surface area contributed by atoms with E-state index in [2.05, 4.69) is 22.1 Å². The van der Waals surface area contributed by atoms with Crippen LogP contribution in [0.4, 0.5) is 5.69 Å². The Hall–Kier alpha value is -2.57. The summed E-state index contributed by atoms with van der Waals surface area (Å²) in [7, 11) is 1.57. The minimum absolute atomic E-state index is 0.119. The van der Waals surface area contributed by atoms with Gasteiger partial charge in [0.15, 0.2) is 0 Å². The zero-order chi connectivity index (χ0) is 19.0. The minimum Gasteiger partial charge on any atom is -0.495 e. The van der Waals surface area contributed by atoms with Crippen molar-refractivity contribution in [3.05, 3.63) is 58.0 Å². The lowest BCUT2D eigenvalue weighted by Crippen LogP contribution is -2.49. The molecule has 3 heterocycles. The molecule has 1 aromatic carbocycles. The second kappa shape index (κ2) is 7.21. The number of ether oxygens (including phenoxy) is 1. The van der Waals surface area contributed by atoms with Crippen molar-refractivity contribution in [1.82, 2.24) is 14.7 Å². The molecule has 6 nitrogen and oxygen atoms in total. The molecule has 0 aliphatic carbocycles. The number of halogens is 1. The maximum Gasteiger partial charge on any atom is 0.258 e. The lowest BCUT2D eigenvalue weighted by atomic mass is 10.1. The molecule has 2 aromatic heterocycles. The van der Waals surface area contributed by atoms with Crippen LogP contribution in [0.25, 0.3) is 16.9 Å². The molecule has 1 atom stereocenters. The van der Waals surface area contributed by atoms with Crippen molar-refractivity contribution >= 4 is 22.9 Å². The molecule has 3 aromatic rings. The predicted octanol–water partition coefficient (Wildman–Crippen LogP) is 2.82. The highest BCUT2D eigenvalue weighted by atomic mass is 35.5. The van der Waals surface area contributed by atoms with Crippen LogP contribution in [-0.4, -0.2) is 42.2 Å². The molecule has 0 unspecified atom stereocenters. The molecule has 0 bridgehead atoms. The number of hydrogen-bond donors (Lipinski definition) is 1. The van der Waals surface area contributed by atoms with Crippen LogP contribution in [0.3, 0.4) is 0 Å². The Kier molecular flexibility index (Phi) is 4.76. The second-order valence-electron chi connectivity index (χ2n) is 6.75. The quantitative estimate of drug-likeness (QED) is 0.752. The average molecular weight is 385 g/mol. The van der Waals surface area contributed by atoms with Gasteiger partial charge in [-0.25, -0.2) is 4.98 Å². The summed E-state index contributed by atoms with van der Waals surface area (Å²) in [5.41, 5.74) is 2.89. The number of anilines is 1. The number of nitrogens with zero attached hydrogens (tertiary/aromatic N) is 3. The predicted molar refractivity (Wildman–Crippen MR) is 108 cm³/mol. The molecule has 1 fully saturated rings. The molecule has 1 aliphatic heterocycles. The summed E-state index contributed by atoms with van der Waals surface area (Å²) in [6.07, 6.45) is 1.87. The van der Waals surface area contributed by atoms with Gasteiger partial charge in [0.05, 0.1) is 23.5 Å². The van der Waals surface area contributed by atoms with E-state index in [9.17, 15) is 4.79 Å². The molecular formula is C20H21ClN4O2. The molecule has 1 N–H and O–H groups in total. The zero-order valence-corrected chi connectivity index (χ0v) is 16.0. The third-order valence-corrected chi connectivity index (χ3v) is 5.12. The van der Waals surface area contributed by atoms with Gasteiger partial charge in [0, 0.05) is 43.5 Å². The Labute approximate surface area is 162 Å². The van der Waals surface area contributed by atoms with Gasteiger partial charge >= 0.3 is 0 Å². The van der Waals surface area contributed by atoms with Crippen LogP contribution >= 0.6 is 11.6 Å². The Morgan fingerprint density at radius 3 is 2.85 bits per heavy atom. The van der Waals surface area contributed by atoms with E-state index in [4.69, 9.17) is 16.3 Å². The highest BCUT2D eigenvalue weighted by molar-refractivity contribution is 6.32. The second-order valence-corrected chi connectivity index (χ2v) is 7.15. The third kappa shape index (κ3) is 3.50. The summed E-state index contributed by atoms with van der Waals surface area (Å²) in [4.78, 5) is 19.6. The van der Waals surface area contributed by atoms with Gasteiger partial charge in [-0.3, -0.25) is 9.20 Å². The fourth-order valence-corrected chi connectivity index (χ4v) is 3.68. The number of benzene rings is 1. The van der Waals surface area contributed by atoms with Gasteiger partial charge in [0.25, 0.3) is 5.56 Å². The lowest BCUT2D eigenvalue weighted by Gasteiger charge is -2.33. The van der Waals surface area contributed by atoms with Gasteiger partial charge in [0.2, 0.25) is 0 Å². The van der Waals surface area contributed by atoms with Gasteiger partial charge < -0.3 is 15.0 Å². The molecule has 1 saturated heterocycles. The summed E-state index contributed by atoms with van der Waals surface area (Å²) in [5, 5.41) is 3.91. The summed E-state index contributed by atoms with van der Waals surface area (Å²) >= 11 is 6.21. The van der Waals surface area contributed by atoms with Gasteiger partial charge in [-0.05, 0) is 37.3 Å². The normalized spacial score (nSPS) is 17.3. The van der Waals surface area contributed by atoms with Crippen LogP contribution in [0, 0.1) is 0 Å². The van der Waals surface area contributed by atoms with E-state index in [1.807, 2.05) is 24.4 Å². The molecule has 0 radical (unpaired) electrons. The number of rotatable bonds is 3. The first-order valence-corrected chi connectivity index (χ1v) is 9.28. The van der Waals surface area contributed by atoms with Crippen molar-refractivity contribution in [2.45, 2.75) is 13.0 Å². The van der Waals surface area contributed by atoms with Crippen molar-refractivity contribution in [3.63, 3.8) is 0 Å². The van der Waals surface area contributed by atoms with Crippen LogP contribution in [0.1, 0.15) is 6.92 Å². The highest BCUT2D eigenvalue weighted by Crippen LogP contribution is 2.29. The van der Waals surface area contributed by atoms with E-state index < -0.39 is 0 Å². The van der Waals surface area contributed by atoms with Crippen LogP contribution in [0.2, 0.25) is 5.02 Å². The standard InChI is InChI=1S/C20H21ClN4O2/c1-13-11-24(8-7-22-13)15-4-6-19-23-17(10-20(26)25(19)12-15)14-3-5-18(27-2)16(21)9-14/h3-6,9-10,12-13,22H,7-8,11H2,1-2H3/t13-/m0/s1. The largest absolute Gasteiger partial charge is 0.495 e. The van der Waals surface area contributed by atoms with Crippen LogP contribution in [-0.2, 0) is 0 Å². The number of fused-ring (bicyclic) bond motifs is 1. The van der Waals surface area contributed by atoms with E-state index >= 15 is 0 Å². The van der Waals surface area contributed by atoms with Gasteiger partial charge in [-0.15, -0.1) is 0 Å². The van der Waals surface area contributed by atoms with Crippen molar-refractivity contribution in [2.75, 3.05) is 31.6 Å². The van der Waals surface area contributed by atoms with Gasteiger partial charge in [0.1, 0.15) is 11.4 Å². The minimum atomic E-state index is -0.119. The van der Waals surface area contributed by atoms with Crippen molar-refractivity contribution in [2.24, 2.45) is 0 Å². The first kappa shape index (κ1) is 17.8. The maximum absolute atomic E-state index is 12.7. The fourth-order valence-electron chi connectivity index (χ4n) is 3.42. The zero-order valence-electron chi connectivity index (χ0n) is 15.3. The number of aromatic nitrogens is 2. The Bertz CT molecular complexity index is 1050. The number of piperazine rings is 1. The Balaban J connectivity index is 1.73. The topological polar surface area (TPSA) is 58.9 Å². The first-order valence-electron chi connectivity index (χ1n) is 8.91. The van der Waals surface area contributed by atoms with E-state index in [1.54, 1.807) is 23.6 Å². The Morgan fingerprint density at radius 2 is 2.11 bits per heavy atom. The SMILES string of the molecule is COc1ccc(-c2cc(=O)n3cc(N4CCN[C@@H](C)C4)ccc3n2)cc1Cl. The van der Waals surface area contributed by atoms with Gasteiger partial charge in [-0.1, -0.05) is 11.6 Å². The van der Waals surface area contributed by atoms with Crippen LogP contribution < -0.4 is 20.5 Å². The smallest absolute Gasteiger partial charge is 0.258 e. The Morgan fingerprint density at radius 1 is 1.26 bits per heavy atom. The molecule has 1 aliphatic rings. The van der Waals surface area contributed by atoms with E-state index in [0.717, 1.165) is 30.9 Å². The number of nitrogens with one attached hydrogen (secondary N) is 1. The average Bonchev–Trinajstić information content (AvgIpc) is 2.67. The monoisotopic (exact) mass is 384 g/mol. The summed E-state index contributed by atoms with van der Waals surface area (Å²) in [5.74, 6) is 0.591. The summed E-state index contributed by atoms with van der Waals surface area (Å²) in [6, 6.07) is 11.2. The summed E-state index contributed by atoms with van der Waals surface area (Å²) in [6.45, 7) is 4.92. The fraction of sp³-hybridized carbons (Fsp3) is 0.300. The summed E-state index contributed by atoms with van der Waals surface area (Å²) < 4.78 is 6.77. The first-order chi connectivity index (χ1) is 13.0. The number of pyridine rings is 1. The molecule has 140 valence electrons. The van der Waals surface area contributed by atoms with Crippen LogP contribution in [0.5, 0.6) is 5.75 Å². The van der Waals surface area contributed by atoms with E-state index in [1.165, 1.54) is 6.07 Å². The van der Waals surface area contributed by atoms with Crippen LogP contribution in [0.15, 0.2) is 47.4 Å². The molecular weight excluding hydrogens is 364 g/mol. The third-order valence-electron chi connectivity index (χ3n) is 4.83. The number of methoxy groups -OCH3 is 1. The van der Waals surface area contributed by atoms with Crippen molar-refractivity contribution in [3.8, 4) is 17.0 Å². The molecule has 4 rings (SSSR count). The molecule has 7 heteroatoms. The molecule has 0 saturated carbocycles. The molecule has 27 heavy (non-hydrogen) atoms. The highest BCUT2D eigenvalue weighted by Gasteiger charge is 2.17.